The van der Waals surface area contributed by atoms with E-state index in [2.05, 4.69) is 23.4 Å². The van der Waals surface area contributed by atoms with Crippen molar-refractivity contribution >= 4 is 22.8 Å². The quantitative estimate of drug-likeness (QED) is 0.589. The number of unbranched alkanes of at least 4 members (excludes halogenated alkanes) is 2. The predicted octanol–water partition coefficient (Wildman–Crippen LogP) is 3.71. The Hall–Kier alpha value is -1.09. The van der Waals surface area contributed by atoms with Crippen LogP contribution in [0.5, 0.6) is 0 Å². The lowest BCUT2D eigenvalue weighted by Gasteiger charge is -2.07. The Bertz CT molecular complexity index is 519. The highest BCUT2D eigenvalue weighted by molar-refractivity contribution is 6.17. The number of nitrogens with zero attached hydrogens (tertiary/aromatic N) is 3. The summed E-state index contributed by atoms with van der Waals surface area (Å²) in [6.07, 6.45) is 6.31. The van der Waals surface area contributed by atoms with Gasteiger partial charge < -0.3 is 4.57 Å². The number of hydrogen-bond acceptors (Lipinski definition) is 2. The Balaban J connectivity index is 2.39. The number of rotatable bonds is 6. The van der Waals surface area contributed by atoms with E-state index in [0.717, 1.165) is 30.0 Å². The Morgan fingerprint density at radius 3 is 2.89 bits per heavy atom. The van der Waals surface area contributed by atoms with Crippen LogP contribution in [0.1, 0.15) is 37.6 Å². The monoisotopic (exact) mass is 265 g/mol. The lowest BCUT2D eigenvalue weighted by molar-refractivity contribution is 0.591. The van der Waals surface area contributed by atoms with Crippen LogP contribution in [0, 0.1) is 6.92 Å². The zero-order valence-corrected chi connectivity index (χ0v) is 11.9. The van der Waals surface area contributed by atoms with Crippen molar-refractivity contribution in [2.75, 3.05) is 5.88 Å². The molecule has 98 valence electrons. The number of hydrogen-bond donors (Lipinski definition) is 0. The van der Waals surface area contributed by atoms with Gasteiger partial charge in [0.25, 0.3) is 0 Å². The first-order chi connectivity index (χ1) is 8.77. The smallest absolute Gasteiger partial charge is 0.160 e. The lowest BCUT2D eigenvalue weighted by Crippen LogP contribution is -2.05. The van der Waals surface area contributed by atoms with Gasteiger partial charge in [-0.05, 0) is 25.0 Å². The van der Waals surface area contributed by atoms with Crippen LogP contribution in [0.25, 0.3) is 11.2 Å². The van der Waals surface area contributed by atoms with Crippen LogP contribution in [-0.4, -0.2) is 20.4 Å². The molecule has 0 bridgehead atoms. The van der Waals surface area contributed by atoms with Crippen LogP contribution in [0.4, 0.5) is 0 Å². The first-order valence-electron chi connectivity index (χ1n) is 6.64. The van der Waals surface area contributed by atoms with Gasteiger partial charge in [0.15, 0.2) is 5.65 Å². The molecule has 0 aliphatic rings. The van der Waals surface area contributed by atoms with E-state index in [1.165, 1.54) is 24.8 Å². The van der Waals surface area contributed by atoms with E-state index in [-0.39, 0.29) is 0 Å². The molecule has 0 aliphatic heterocycles. The zero-order chi connectivity index (χ0) is 13.0. The maximum Gasteiger partial charge on any atom is 0.160 e. The zero-order valence-electron chi connectivity index (χ0n) is 11.1. The summed E-state index contributed by atoms with van der Waals surface area (Å²) in [6, 6.07) is 2.01. The van der Waals surface area contributed by atoms with Crippen LogP contribution < -0.4 is 0 Å². The highest BCUT2D eigenvalue weighted by Crippen LogP contribution is 2.19. The molecule has 0 saturated heterocycles. The maximum atomic E-state index is 5.86. The van der Waals surface area contributed by atoms with Gasteiger partial charge in [-0.15, -0.1) is 11.6 Å². The Morgan fingerprint density at radius 1 is 1.33 bits per heavy atom. The fourth-order valence-electron chi connectivity index (χ4n) is 2.21. The molecule has 0 aromatic carbocycles. The van der Waals surface area contributed by atoms with Crippen LogP contribution in [-0.2, 0) is 13.0 Å². The lowest BCUT2D eigenvalue weighted by atomic mass is 10.2. The van der Waals surface area contributed by atoms with Crippen molar-refractivity contribution < 1.29 is 0 Å². The molecular weight excluding hydrogens is 246 g/mol. The van der Waals surface area contributed by atoms with Gasteiger partial charge in [0.2, 0.25) is 0 Å². The summed E-state index contributed by atoms with van der Waals surface area (Å²) >= 11 is 5.86. The van der Waals surface area contributed by atoms with E-state index in [4.69, 9.17) is 16.6 Å². The molecule has 4 heteroatoms. The summed E-state index contributed by atoms with van der Waals surface area (Å²) in [5.41, 5.74) is 3.21. The SMILES string of the molecule is CCCCCn1c(CCCl)nc2c(C)ccnc21. The molecular formula is C14H20ClN3. The summed E-state index contributed by atoms with van der Waals surface area (Å²) in [5, 5.41) is 0. The van der Waals surface area contributed by atoms with E-state index in [1.54, 1.807) is 0 Å². The highest BCUT2D eigenvalue weighted by Gasteiger charge is 2.12. The van der Waals surface area contributed by atoms with Gasteiger partial charge in [-0.2, -0.15) is 0 Å². The number of fused-ring (bicyclic) bond motifs is 1. The third-order valence-electron chi connectivity index (χ3n) is 3.22. The molecule has 2 aromatic rings. The maximum absolute atomic E-state index is 5.86. The van der Waals surface area contributed by atoms with Crippen molar-refractivity contribution in [1.29, 1.82) is 0 Å². The van der Waals surface area contributed by atoms with Crippen LogP contribution in [0.3, 0.4) is 0 Å². The molecule has 0 N–H and O–H groups in total. The van der Waals surface area contributed by atoms with E-state index < -0.39 is 0 Å². The molecule has 0 aliphatic carbocycles. The Labute approximate surface area is 113 Å². The Morgan fingerprint density at radius 2 is 2.17 bits per heavy atom. The number of imidazole rings is 1. The minimum atomic E-state index is 0.607. The van der Waals surface area contributed by atoms with Gasteiger partial charge in [0.1, 0.15) is 11.3 Å². The van der Waals surface area contributed by atoms with Crippen molar-refractivity contribution in [1.82, 2.24) is 14.5 Å². The molecule has 0 fully saturated rings. The molecule has 0 saturated carbocycles. The van der Waals surface area contributed by atoms with E-state index >= 15 is 0 Å². The molecule has 18 heavy (non-hydrogen) atoms. The van der Waals surface area contributed by atoms with Gasteiger partial charge in [0, 0.05) is 25.0 Å². The number of halogens is 1. The second kappa shape index (κ2) is 6.19. The van der Waals surface area contributed by atoms with Crippen molar-refractivity contribution in [2.45, 2.75) is 46.1 Å². The molecule has 2 aromatic heterocycles. The molecule has 0 unspecified atom stereocenters. The van der Waals surface area contributed by atoms with Crippen molar-refractivity contribution in [3.8, 4) is 0 Å². The van der Waals surface area contributed by atoms with Gasteiger partial charge in [-0.1, -0.05) is 19.8 Å². The first-order valence-corrected chi connectivity index (χ1v) is 7.18. The van der Waals surface area contributed by atoms with Gasteiger partial charge in [-0.3, -0.25) is 0 Å². The minimum Gasteiger partial charge on any atom is -0.313 e. The highest BCUT2D eigenvalue weighted by atomic mass is 35.5. The van der Waals surface area contributed by atoms with Crippen molar-refractivity contribution in [2.24, 2.45) is 0 Å². The summed E-state index contributed by atoms with van der Waals surface area (Å²) in [4.78, 5) is 9.18. The molecule has 0 atom stereocenters. The second-order valence-electron chi connectivity index (χ2n) is 4.63. The van der Waals surface area contributed by atoms with Gasteiger partial charge in [0.05, 0.1) is 0 Å². The largest absolute Gasteiger partial charge is 0.313 e. The second-order valence-corrected chi connectivity index (χ2v) is 5.00. The van der Waals surface area contributed by atoms with Gasteiger partial charge >= 0.3 is 0 Å². The van der Waals surface area contributed by atoms with E-state index in [0.29, 0.717) is 5.88 Å². The molecule has 3 nitrogen and oxygen atoms in total. The normalized spacial score (nSPS) is 11.3. The topological polar surface area (TPSA) is 30.7 Å². The summed E-state index contributed by atoms with van der Waals surface area (Å²) in [7, 11) is 0. The molecule has 0 spiro atoms. The van der Waals surface area contributed by atoms with Crippen LogP contribution in [0.15, 0.2) is 12.3 Å². The van der Waals surface area contributed by atoms with Crippen LogP contribution in [0.2, 0.25) is 0 Å². The number of alkyl halides is 1. The molecule has 0 amide bonds. The fourth-order valence-corrected chi connectivity index (χ4v) is 2.38. The summed E-state index contributed by atoms with van der Waals surface area (Å²) in [6.45, 7) is 5.29. The average molecular weight is 266 g/mol. The number of pyridine rings is 1. The summed E-state index contributed by atoms with van der Waals surface area (Å²) < 4.78 is 2.24. The molecule has 0 radical (unpaired) electrons. The molecule has 2 rings (SSSR count). The standard InChI is InChI=1S/C14H20ClN3/c1-3-4-5-10-18-12(6-8-15)17-13-11(2)7-9-16-14(13)18/h7,9H,3-6,8,10H2,1-2H3. The fraction of sp³-hybridized carbons (Fsp3) is 0.571. The third kappa shape index (κ3) is 2.66. The van der Waals surface area contributed by atoms with Crippen LogP contribution >= 0.6 is 11.6 Å². The first kappa shape index (κ1) is 13.3. The van der Waals surface area contributed by atoms with Gasteiger partial charge in [-0.25, -0.2) is 9.97 Å². The minimum absolute atomic E-state index is 0.607. The summed E-state index contributed by atoms with van der Waals surface area (Å²) in [5.74, 6) is 1.67. The number of aryl methyl sites for hydroxylation is 3. The van der Waals surface area contributed by atoms with Crippen molar-refractivity contribution in [3.63, 3.8) is 0 Å². The predicted molar refractivity (Wildman–Crippen MR) is 76.2 cm³/mol. The average Bonchev–Trinajstić information content (AvgIpc) is 2.70. The number of aromatic nitrogens is 3. The van der Waals surface area contributed by atoms with E-state index in [9.17, 15) is 0 Å². The third-order valence-corrected chi connectivity index (χ3v) is 3.41. The Kier molecular flexibility index (Phi) is 4.59. The van der Waals surface area contributed by atoms with Crippen molar-refractivity contribution in [3.05, 3.63) is 23.7 Å². The molecule has 2 heterocycles. The van der Waals surface area contributed by atoms with E-state index in [1.807, 2.05) is 12.3 Å².